The highest BCUT2D eigenvalue weighted by atomic mass is 16.2. The molecule has 4 nitrogen and oxygen atoms in total. The number of hydrogen-bond donors (Lipinski definition) is 1. The topological polar surface area (TPSA) is 49.4 Å². The molecule has 1 saturated heterocycles. The SMILES string of the molecule is C[C@H]1CCCN(C(=O)c2ccccc2NC(=O)c2ccc(C(C)(C)C)cc2)C1. The molecule has 1 aliphatic rings. The molecule has 0 spiro atoms. The first kappa shape index (κ1) is 20.1. The number of nitrogens with one attached hydrogen (secondary N) is 1. The number of para-hydroxylation sites is 1. The van der Waals surface area contributed by atoms with Crippen LogP contribution in [0.15, 0.2) is 48.5 Å². The Hall–Kier alpha value is -2.62. The van der Waals surface area contributed by atoms with Gasteiger partial charge in [-0.25, -0.2) is 0 Å². The Labute approximate surface area is 167 Å². The van der Waals surface area contributed by atoms with Crippen molar-refractivity contribution in [2.75, 3.05) is 18.4 Å². The zero-order valence-electron chi connectivity index (χ0n) is 17.3. The second-order valence-electron chi connectivity index (χ2n) is 8.83. The van der Waals surface area contributed by atoms with Crippen LogP contribution < -0.4 is 5.32 Å². The number of likely N-dealkylation sites (tertiary alicyclic amines) is 1. The van der Waals surface area contributed by atoms with Crippen LogP contribution in [0.5, 0.6) is 0 Å². The number of amides is 2. The fourth-order valence-corrected chi connectivity index (χ4v) is 3.64. The summed E-state index contributed by atoms with van der Waals surface area (Å²) in [5.41, 5.74) is 2.92. The number of piperidine rings is 1. The molecule has 2 aromatic rings. The lowest BCUT2D eigenvalue weighted by Gasteiger charge is -2.31. The minimum atomic E-state index is -0.201. The molecule has 1 heterocycles. The van der Waals surface area contributed by atoms with Gasteiger partial charge >= 0.3 is 0 Å². The van der Waals surface area contributed by atoms with Crippen LogP contribution in [0.4, 0.5) is 5.69 Å². The molecule has 148 valence electrons. The highest BCUT2D eigenvalue weighted by Crippen LogP contribution is 2.24. The molecular weight excluding hydrogens is 348 g/mol. The number of anilines is 1. The van der Waals surface area contributed by atoms with Gasteiger partial charge in [-0.3, -0.25) is 9.59 Å². The van der Waals surface area contributed by atoms with Crippen molar-refractivity contribution >= 4 is 17.5 Å². The summed E-state index contributed by atoms with van der Waals surface area (Å²) in [4.78, 5) is 27.7. The van der Waals surface area contributed by atoms with Gasteiger partial charge in [0.15, 0.2) is 0 Å². The zero-order valence-corrected chi connectivity index (χ0v) is 17.3. The van der Waals surface area contributed by atoms with Crippen LogP contribution >= 0.6 is 0 Å². The van der Waals surface area contributed by atoms with Crippen molar-refractivity contribution in [2.24, 2.45) is 5.92 Å². The van der Waals surface area contributed by atoms with Crippen LogP contribution in [0.3, 0.4) is 0 Å². The summed E-state index contributed by atoms with van der Waals surface area (Å²) in [7, 11) is 0. The van der Waals surface area contributed by atoms with Gasteiger partial charge in [-0.05, 0) is 54.0 Å². The summed E-state index contributed by atoms with van der Waals surface area (Å²) in [5, 5.41) is 2.93. The monoisotopic (exact) mass is 378 g/mol. The first-order valence-corrected chi connectivity index (χ1v) is 10.1. The molecule has 0 aliphatic carbocycles. The molecule has 2 aromatic carbocycles. The van der Waals surface area contributed by atoms with Gasteiger partial charge in [-0.2, -0.15) is 0 Å². The van der Waals surface area contributed by atoms with Gasteiger partial charge in [-0.15, -0.1) is 0 Å². The van der Waals surface area contributed by atoms with E-state index in [4.69, 9.17) is 0 Å². The van der Waals surface area contributed by atoms with Crippen molar-refractivity contribution in [1.29, 1.82) is 0 Å². The number of benzene rings is 2. The summed E-state index contributed by atoms with van der Waals surface area (Å²) < 4.78 is 0. The van der Waals surface area contributed by atoms with Crippen LogP contribution in [0.2, 0.25) is 0 Å². The zero-order chi connectivity index (χ0) is 20.3. The Morgan fingerprint density at radius 3 is 2.36 bits per heavy atom. The van der Waals surface area contributed by atoms with E-state index in [0.717, 1.165) is 25.9 Å². The third-order valence-corrected chi connectivity index (χ3v) is 5.36. The summed E-state index contributed by atoms with van der Waals surface area (Å²) in [5.74, 6) is 0.305. The molecular formula is C24H30N2O2. The smallest absolute Gasteiger partial charge is 0.255 e. The van der Waals surface area contributed by atoms with E-state index in [9.17, 15) is 9.59 Å². The molecule has 0 bridgehead atoms. The lowest BCUT2D eigenvalue weighted by atomic mass is 9.86. The van der Waals surface area contributed by atoms with E-state index in [1.165, 1.54) is 5.56 Å². The van der Waals surface area contributed by atoms with E-state index < -0.39 is 0 Å². The minimum Gasteiger partial charge on any atom is -0.338 e. The first-order valence-electron chi connectivity index (χ1n) is 10.1. The Morgan fingerprint density at radius 2 is 1.71 bits per heavy atom. The molecule has 4 heteroatoms. The summed E-state index contributed by atoms with van der Waals surface area (Å²) in [6.07, 6.45) is 2.19. The van der Waals surface area contributed by atoms with E-state index in [-0.39, 0.29) is 17.2 Å². The summed E-state index contributed by atoms with van der Waals surface area (Å²) in [6, 6.07) is 14.9. The Kier molecular flexibility index (Phi) is 5.87. The molecule has 1 N–H and O–H groups in total. The maximum Gasteiger partial charge on any atom is 0.255 e. The van der Waals surface area contributed by atoms with Crippen molar-refractivity contribution in [2.45, 2.75) is 46.0 Å². The minimum absolute atomic E-state index is 0.00877. The van der Waals surface area contributed by atoms with Gasteiger partial charge in [0.05, 0.1) is 11.3 Å². The molecule has 0 radical (unpaired) electrons. The molecule has 28 heavy (non-hydrogen) atoms. The highest BCUT2D eigenvalue weighted by Gasteiger charge is 2.24. The largest absolute Gasteiger partial charge is 0.338 e. The number of hydrogen-bond acceptors (Lipinski definition) is 2. The van der Waals surface area contributed by atoms with Crippen molar-refractivity contribution in [3.05, 3.63) is 65.2 Å². The molecule has 1 fully saturated rings. The Bertz CT molecular complexity index is 850. The Morgan fingerprint density at radius 1 is 1.04 bits per heavy atom. The molecule has 0 saturated carbocycles. The second-order valence-corrected chi connectivity index (χ2v) is 8.83. The average Bonchev–Trinajstić information content (AvgIpc) is 2.67. The maximum absolute atomic E-state index is 13.0. The maximum atomic E-state index is 13.0. The molecule has 0 unspecified atom stereocenters. The van der Waals surface area contributed by atoms with Crippen molar-refractivity contribution < 1.29 is 9.59 Å². The van der Waals surface area contributed by atoms with Gasteiger partial charge in [0.1, 0.15) is 0 Å². The predicted molar refractivity (Wildman–Crippen MR) is 114 cm³/mol. The molecule has 0 aromatic heterocycles. The van der Waals surface area contributed by atoms with Crippen molar-refractivity contribution in [3.8, 4) is 0 Å². The number of rotatable bonds is 3. The Balaban J connectivity index is 1.77. The standard InChI is InChI=1S/C24H30N2O2/c1-17-8-7-15-26(16-17)23(28)20-9-5-6-10-21(20)25-22(27)18-11-13-19(14-12-18)24(2,3)4/h5-6,9-14,17H,7-8,15-16H2,1-4H3,(H,25,27)/t17-/m0/s1. The van der Waals surface area contributed by atoms with E-state index in [2.05, 4.69) is 33.0 Å². The number of carbonyl (C=O) groups excluding carboxylic acids is 2. The van der Waals surface area contributed by atoms with Gasteiger partial charge in [0.25, 0.3) is 11.8 Å². The number of carbonyl (C=O) groups is 2. The van der Waals surface area contributed by atoms with Crippen LogP contribution in [0.25, 0.3) is 0 Å². The average molecular weight is 379 g/mol. The summed E-state index contributed by atoms with van der Waals surface area (Å²) in [6.45, 7) is 10.2. The van der Waals surface area contributed by atoms with Gasteiger partial charge in [-0.1, -0.05) is 52.0 Å². The lowest BCUT2D eigenvalue weighted by Crippen LogP contribution is -2.39. The van der Waals surface area contributed by atoms with Gasteiger partial charge in [0.2, 0.25) is 0 Å². The van der Waals surface area contributed by atoms with Crippen molar-refractivity contribution in [1.82, 2.24) is 4.90 Å². The molecule has 3 rings (SSSR count). The third kappa shape index (κ3) is 4.61. The fraction of sp³-hybridized carbons (Fsp3) is 0.417. The predicted octanol–water partition coefficient (Wildman–Crippen LogP) is 5.11. The van der Waals surface area contributed by atoms with Crippen LogP contribution in [0, 0.1) is 5.92 Å². The van der Waals surface area contributed by atoms with E-state index in [1.807, 2.05) is 41.3 Å². The van der Waals surface area contributed by atoms with Gasteiger partial charge < -0.3 is 10.2 Å². The summed E-state index contributed by atoms with van der Waals surface area (Å²) >= 11 is 0. The van der Waals surface area contributed by atoms with Crippen LogP contribution in [0.1, 0.15) is 66.8 Å². The van der Waals surface area contributed by atoms with E-state index in [1.54, 1.807) is 12.1 Å². The second kappa shape index (κ2) is 8.17. The third-order valence-electron chi connectivity index (χ3n) is 5.36. The molecule has 2 amide bonds. The van der Waals surface area contributed by atoms with Crippen LogP contribution in [-0.4, -0.2) is 29.8 Å². The van der Waals surface area contributed by atoms with Crippen LogP contribution in [-0.2, 0) is 5.41 Å². The molecule has 1 atom stereocenters. The lowest BCUT2D eigenvalue weighted by molar-refractivity contribution is 0.0684. The highest BCUT2D eigenvalue weighted by molar-refractivity contribution is 6.09. The normalized spacial score (nSPS) is 17.3. The number of nitrogens with zero attached hydrogens (tertiary/aromatic N) is 1. The van der Waals surface area contributed by atoms with Gasteiger partial charge in [0, 0.05) is 18.7 Å². The van der Waals surface area contributed by atoms with E-state index in [0.29, 0.717) is 22.7 Å². The first-order chi connectivity index (χ1) is 13.3. The van der Waals surface area contributed by atoms with E-state index >= 15 is 0 Å². The van der Waals surface area contributed by atoms with Crippen molar-refractivity contribution in [3.63, 3.8) is 0 Å². The fourth-order valence-electron chi connectivity index (χ4n) is 3.64. The quantitative estimate of drug-likeness (QED) is 0.807. The molecule has 1 aliphatic heterocycles.